The third-order valence-corrected chi connectivity index (χ3v) is 8.68. The summed E-state index contributed by atoms with van der Waals surface area (Å²) in [6.45, 7) is 3.10. The van der Waals surface area contributed by atoms with Crippen molar-refractivity contribution in [3.05, 3.63) is 71.8 Å². The molecule has 0 saturated carbocycles. The molecule has 53 heavy (non-hydrogen) atoms. The molecule has 5 amide bonds. The van der Waals surface area contributed by atoms with E-state index in [1.807, 2.05) is 72.5 Å². The van der Waals surface area contributed by atoms with Crippen molar-refractivity contribution in [1.82, 2.24) is 31.5 Å². The van der Waals surface area contributed by atoms with Crippen LogP contribution in [0.1, 0.15) is 56.6 Å². The molecule has 16 nitrogen and oxygen atoms in total. The van der Waals surface area contributed by atoms with Gasteiger partial charge >= 0.3 is 5.97 Å². The molecular formula is C37H53N9O7. The van der Waals surface area contributed by atoms with E-state index in [-0.39, 0.29) is 50.3 Å². The smallest absolute Gasteiger partial charge is 0.305 e. The lowest BCUT2D eigenvalue weighted by atomic mass is 10.0. The van der Waals surface area contributed by atoms with Crippen LogP contribution in [-0.2, 0) is 41.7 Å². The van der Waals surface area contributed by atoms with E-state index >= 15 is 0 Å². The number of benzene rings is 2. The maximum Gasteiger partial charge on any atom is 0.305 e. The Morgan fingerprint density at radius 1 is 0.906 bits per heavy atom. The van der Waals surface area contributed by atoms with Gasteiger partial charge in [-0.2, -0.15) is 0 Å². The molecule has 1 heterocycles. The zero-order valence-corrected chi connectivity index (χ0v) is 30.2. The number of carboxylic acid groups (broad SMARTS) is 1. The highest BCUT2D eigenvalue weighted by Gasteiger charge is 2.31. The molecule has 0 aliphatic carbocycles. The zero-order valence-electron chi connectivity index (χ0n) is 30.2. The molecule has 1 fully saturated rings. The van der Waals surface area contributed by atoms with Crippen LogP contribution in [0, 0.1) is 5.92 Å². The Bertz CT molecular complexity index is 1540. The molecule has 1 aliphatic rings. The van der Waals surface area contributed by atoms with Crippen LogP contribution in [0.2, 0.25) is 0 Å². The topological polar surface area (TPSA) is 250 Å². The number of carboxylic acids is 1. The van der Waals surface area contributed by atoms with Gasteiger partial charge in [0.25, 0.3) is 0 Å². The van der Waals surface area contributed by atoms with Gasteiger partial charge in [0.05, 0.1) is 19.0 Å². The summed E-state index contributed by atoms with van der Waals surface area (Å²) >= 11 is 0. The van der Waals surface area contributed by atoms with Gasteiger partial charge in [0.2, 0.25) is 29.5 Å². The fraction of sp³-hybridized carbons (Fsp3) is 0.486. The van der Waals surface area contributed by atoms with E-state index < -0.39 is 60.7 Å². The number of amides is 5. The van der Waals surface area contributed by atoms with Gasteiger partial charge in [0, 0.05) is 32.6 Å². The van der Waals surface area contributed by atoms with E-state index in [9.17, 15) is 33.9 Å². The summed E-state index contributed by atoms with van der Waals surface area (Å²) < 4.78 is 0. The monoisotopic (exact) mass is 735 g/mol. The summed E-state index contributed by atoms with van der Waals surface area (Å²) in [4.78, 5) is 84.3. The highest BCUT2D eigenvalue weighted by Crippen LogP contribution is 2.14. The number of carbonyl (C=O) groups is 6. The molecule has 3 rings (SSSR count). The van der Waals surface area contributed by atoms with Crippen LogP contribution in [-0.4, -0.2) is 102 Å². The van der Waals surface area contributed by atoms with Gasteiger partial charge < -0.3 is 43.2 Å². The second-order valence-electron chi connectivity index (χ2n) is 13.2. The average molecular weight is 736 g/mol. The maximum absolute atomic E-state index is 13.8. The average Bonchev–Trinajstić information content (AvgIpc) is 3.13. The summed E-state index contributed by atoms with van der Waals surface area (Å²) in [5.74, 6) is -4.66. The van der Waals surface area contributed by atoms with E-state index in [4.69, 9.17) is 11.5 Å². The van der Waals surface area contributed by atoms with Gasteiger partial charge in [0.15, 0.2) is 5.96 Å². The molecule has 3 unspecified atom stereocenters. The van der Waals surface area contributed by atoms with Gasteiger partial charge in [-0.1, -0.05) is 67.6 Å². The third-order valence-electron chi connectivity index (χ3n) is 8.68. The fourth-order valence-corrected chi connectivity index (χ4v) is 5.96. The third kappa shape index (κ3) is 16.1. The summed E-state index contributed by atoms with van der Waals surface area (Å²) in [7, 11) is 0. The largest absolute Gasteiger partial charge is 0.481 e. The van der Waals surface area contributed by atoms with Crippen LogP contribution in [0.15, 0.2) is 65.7 Å². The van der Waals surface area contributed by atoms with Crippen molar-refractivity contribution in [2.45, 2.75) is 76.5 Å². The summed E-state index contributed by atoms with van der Waals surface area (Å²) in [6, 6.07) is 15.5. The van der Waals surface area contributed by atoms with Crippen LogP contribution >= 0.6 is 0 Å². The summed E-state index contributed by atoms with van der Waals surface area (Å²) in [6.07, 6.45) is 1.31. The molecule has 288 valence electrons. The number of rotatable bonds is 13. The zero-order chi connectivity index (χ0) is 38.6. The predicted octanol–water partition coefficient (Wildman–Crippen LogP) is -0.234. The first-order valence-electron chi connectivity index (χ1n) is 17.9. The second-order valence-corrected chi connectivity index (χ2v) is 13.2. The summed E-state index contributed by atoms with van der Waals surface area (Å²) in [5, 5.41) is 22.7. The van der Waals surface area contributed by atoms with Gasteiger partial charge in [0.1, 0.15) is 12.1 Å². The van der Waals surface area contributed by atoms with Crippen molar-refractivity contribution >= 4 is 41.5 Å². The predicted molar refractivity (Wildman–Crippen MR) is 199 cm³/mol. The quantitative estimate of drug-likeness (QED) is 0.0762. The molecule has 16 heteroatoms. The minimum atomic E-state index is -1.57. The van der Waals surface area contributed by atoms with Crippen molar-refractivity contribution in [3.8, 4) is 0 Å². The molecule has 1 aliphatic heterocycles. The first kappa shape index (κ1) is 41.9. The fourth-order valence-electron chi connectivity index (χ4n) is 5.96. The second kappa shape index (κ2) is 22.4. The molecule has 0 aromatic heterocycles. The lowest BCUT2D eigenvalue weighted by molar-refractivity contribution is -0.141. The SMILES string of the molecule is C[C@@H]1CNC(=O)CCC(C(=O)NCc2ccccc2)NC(=O)C(CC(=O)O)NC(=O)CNC(=O)C(CCCN=C(N)N)N(CCCc2ccccc2)C1. The number of aryl methyl sites for hydroxylation is 1. The first-order chi connectivity index (χ1) is 25.4. The normalized spacial score (nSPS) is 21.1. The Morgan fingerprint density at radius 3 is 2.25 bits per heavy atom. The van der Waals surface area contributed by atoms with Crippen molar-refractivity contribution in [3.63, 3.8) is 0 Å². The maximum atomic E-state index is 13.8. The van der Waals surface area contributed by atoms with Gasteiger partial charge in [-0.15, -0.1) is 0 Å². The summed E-state index contributed by atoms with van der Waals surface area (Å²) in [5.41, 5.74) is 13.0. The van der Waals surface area contributed by atoms with Crippen molar-refractivity contribution < 1.29 is 33.9 Å². The number of aliphatic carboxylic acids is 1. The standard InChI is InChI=1S/C37H53N9O7/c1-25-21-41-31(47)17-16-28(34(51)42-22-27-12-6-3-7-13-27)45-35(52)29(20-33(49)50)44-32(48)23-43-36(53)30(15-8-18-40-37(38)39)46(24-25)19-9-14-26-10-4-2-5-11-26/h2-7,10-13,25,28-30H,8-9,14-24H2,1H3,(H,41,47)(H,42,51)(H,43,53)(H,44,48)(H,45,52)(H,49,50)(H4,38,39,40)/t25-,28?,29?,30?/m1/s1. The highest BCUT2D eigenvalue weighted by molar-refractivity contribution is 5.95. The number of hydrogen-bond acceptors (Lipinski definition) is 8. The minimum absolute atomic E-state index is 0.0704. The van der Waals surface area contributed by atoms with E-state index in [1.54, 1.807) is 0 Å². The van der Waals surface area contributed by atoms with Crippen LogP contribution in [0.5, 0.6) is 0 Å². The number of hydrogen-bond donors (Lipinski definition) is 8. The molecular weight excluding hydrogens is 682 g/mol. The minimum Gasteiger partial charge on any atom is -0.481 e. The van der Waals surface area contributed by atoms with Crippen molar-refractivity contribution in [2.75, 3.05) is 32.7 Å². The van der Waals surface area contributed by atoms with Gasteiger partial charge in [-0.3, -0.25) is 38.7 Å². The number of nitrogens with zero attached hydrogens (tertiary/aromatic N) is 2. The van der Waals surface area contributed by atoms with Crippen molar-refractivity contribution in [1.29, 1.82) is 0 Å². The molecule has 2 aromatic carbocycles. The Hall–Kier alpha value is -5.51. The van der Waals surface area contributed by atoms with Crippen LogP contribution in [0.4, 0.5) is 0 Å². The molecule has 10 N–H and O–H groups in total. The number of nitrogens with two attached hydrogens (primary N) is 2. The molecule has 1 saturated heterocycles. The van der Waals surface area contributed by atoms with Crippen molar-refractivity contribution in [2.24, 2.45) is 22.4 Å². The van der Waals surface area contributed by atoms with Crippen LogP contribution in [0.25, 0.3) is 0 Å². The molecule has 0 radical (unpaired) electrons. The molecule has 0 spiro atoms. The number of aliphatic imine (C=N–C) groups is 1. The van der Waals surface area contributed by atoms with Crippen LogP contribution < -0.4 is 38.1 Å². The number of guanidine groups is 1. The van der Waals surface area contributed by atoms with Crippen LogP contribution in [0.3, 0.4) is 0 Å². The lowest BCUT2D eigenvalue weighted by Crippen LogP contribution is -2.56. The van der Waals surface area contributed by atoms with E-state index in [0.29, 0.717) is 25.9 Å². The Balaban J connectivity index is 1.84. The molecule has 2 aromatic rings. The van der Waals surface area contributed by atoms with E-state index in [0.717, 1.165) is 24.0 Å². The first-order valence-corrected chi connectivity index (χ1v) is 17.9. The van der Waals surface area contributed by atoms with Gasteiger partial charge in [-0.05, 0) is 55.7 Å². The van der Waals surface area contributed by atoms with E-state index in [2.05, 4.69) is 31.6 Å². The highest BCUT2D eigenvalue weighted by atomic mass is 16.4. The molecule has 0 bridgehead atoms. The lowest BCUT2D eigenvalue weighted by Gasteiger charge is -2.33. The Morgan fingerprint density at radius 2 is 1.58 bits per heavy atom. The van der Waals surface area contributed by atoms with Gasteiger partial charge in [-0.25, -0.2) is 0 Å². The Labute approximate surface area is 309 Å². The number of carbonyl (C=O) groups excluding carboxylic acids is 5. The number of nitrogens with one attached hydrogen (secondary N) is 5. The Kier molecular flexibility index (Phi) is 17.7. The van der Waals surface area contributed by atoms with E-state index in [1.165, 1.54) is 0 Å². The molecule has 4 atom stereocenters.